The Balaban J connectivity index is 2.01. The van der Waals surface area contributed by atoms with Crippen molar-refractivity contribution in [3.05, 3.63) is 58.7 Å². The molecule has 3 aromatic heterocycles. The zero-order valence-corrected chi connectivity index (χ0v) is 15.9. The third-order valence-corrected chi connectivity index (χ3v) is 5.44. The number of nitriles is 1. The van der Waals surface area contributed by atoms with Crippen LogP contribution in [0.2, 0.25) is 0 Å². The minimum atomic E-state index is -0.535. The fraction of sp³-hybridized carbons (Fsp3) is 0.286. The standard InChI is InChI=1S/C21H22N6/c1-5-14-8-12(2)18-15(6-7-24-18)17(14)21(3,23-4)20-26-16-9-13(10-22)11-25-19(16)27-20/h6-9,11,23-24H,5H2,1-4H3,(H,25,26,27). The van der Waals surface area contributed by atoms with Gasteiger partial charge in [-0.25, -0.2) is 9.97 Å². The molecule has 6 heteroatoms. The number of benzene rings is 1. The van der Waals surface area contributed by atoms with Crippen LogP contribution >= 0.6 is 0 Å². The molecule has 0 fully saturated rings. The fourth-order valence-corrected chi connectivity index (χ4v) is 3.91. The Morgan fingerprint density at radius 1 is 1.33 bits per heavy atom. The van der Waals surface area contributed by atoms with E-state index >= 15 is 0 Å². The summed E-state index contributed by atoms with van der Waals surface area (Å²) in [5.74, 6) is 0.781. The van der Waals surface area contributed by atoms with Gasteiger partial charge in [0.1, 0.15) is 17.4 Å². The summed E-state index contributed by atoms with van der Waals surface area (Å²) < 4.78 is 0. The number of nitrogens with zero attached hydrogens (tertiary/aromatic N) is 3. The maximum atomic E-state index is 9.14. The lowest BCUT2D eigenvalue weighted by molar-refractivity contribution is 0.460. The largest absolute Gasteiger partial charge is 0.361 e. The maximum Gasteiger partial charge on any atom is 0.177 e. The topological polar surface area (TPSA) is 93.2 Å². The second kappa shape index (κ2) is 6.22. The third-order valence-electron chi connectivity index (χ3n) is 5.44. The first-order valence-electron chi connectivity index (χ1n) is 9.07. The summed E-state index contributed by atoms with van der Waals surface area (Å²) in [6.07, 6.45) is 4.46. The Bertz CT molecular complexity index is 1190. The molecular formula is C21H22N6. The number of hydrogen-bond donors (Lipinski definition) is 3. The number of imidazole rings is 1. The van der Waals surface area contributed by atoms with E-state index in [-0.39, 0.29) is 0 Å². The SMILES string of the molecule is CCc1cc(C)c2[nH]ccc2c1C(C)(NC)c1nc2ncc(C#N)cc2[nH]1. The summed E-state index contributed by atoms with van der Waals surface area (Å²) in [4.78, 5) is 15.8. The molecule has 27 heavy (non-hydrogen) atoms. The molecule has 1 unspecified atom stereocenters. The molecule has 3 heterocycles. The van der Waals surface area contributed by atoms with Gasteiger partial charge >= 0.3 is 0 Å². The van der Waals surface area contributed by atoms with Crippen LogP contribution in [0.5, 0.6) is 0 Å². The van der Waals surface area contributed by atoms with Gasteiger partial charge in [0.05, 0.1) is 11.1 Å². The number of pyridine rings is 1. The van der Waals surface area contributed by atoms with E-state index in [4.69, 9.17) is 10.2 Å². The van der Waals surface area contributed by atoms with Crippen LogP contribution in [-0.4, -0.2) is 27.0 Å². The van der Waals surface area contributed by atoms with Gasteiger partial charge in [0.25, 0.3) is 0 Å². The molecule has 3 N–H and O–H groups in total. The number of aryl methyl sites for hydroxylation is 2. The van der Waals surface area contributed by atoms with Crippen LogP contribution in [-0.2, 0) is 12.0 Å². The predicted molar refractivity (Wildman–Crippen MR) is 107 cm³/mol. The molecule has 4 rings (SSSR count). The summed E-state index contributed by atoms with van der Waals surface area (Å²) in [7, 11) is 1.94. The van der Waals surface area contributed by atoms with Gasteiger partial charge in [-0.05, 0) is 56.1 Å². The van der Waals surface area contributed by atoms with E-state index in [1.807, 2.05) is 13.2 Å². The molecule has 0 spiro atoms. The number of aromatic amines is 2. The molecule has 136 valence electrons. The summed E-state index contributed by atoms with van der Waals surface area (Å²) in [6.45, 7) is 6.44. The van der Waals surface area contributed by atoms with Gasteiger partial charge in [-0.1, -0.05) is 13.0 Å². The number of nitrogens with one attached hydrogen (secondary N) is 3. The highest BCUT2D eigenvalue weighted by molar-refractivity contribution is 5.88. The third kappa shape index (κ3) is 2.51. The van der Waals surface area contributed by atoms with Gasteiger partial charge < -0.3 is 15.3 Å². The molecule has 0 amide bonds. The van der Waals surface area contributed by atoms with Crippen LogP contribution in [0.3, 0.4) is 0 Å². The van der Waals surface area contributed by atoms with E-state index in [0.29, 0.717) is 11.2 Å². The first kappa shape index (κ1) is 17.3. The number of rotatable bonds is 4. The lowest BCUT2D eigenvalue weighted by atomic mass is 9.83. The average molecular weight is 358 g/mol. The molecule has 6 nitrogen and oxygen atoms in total. The van der Waals surface area contributed by atoms with Crippen LogP contribution in [0.4, 0.5) is 0 Å². The van der Waals surface area contributed by atoms with Crippen molar-refractivity contribution in [2.45, 2.75) is 32.7 Å². The van der Waals surface area contributed by atoms with Crippen LogP contribution < -0.4 is 5.32 Å². The summed E-state index contributed by atoms with van der Waals surface area (Å²) in [5.41, 5.74) is 6.22. The zero-order chi connectivity index (χ0) is 19.2. The van der Waals surface area contributed by atoms with Crippen molar-refractivity contribution in [1.82, 2.24) is 25.3 Å². The molecule has 0 aliphatic rings. The molecule has 0 bridgehead atoms. The fourth-order valence-electron chi connectivity index (χ4n) is 3.91. The smallest absolute Gasteiger partial charge is 0.177 e. The molecule has 1 aromatic carbocycles. The predicted octanol–water partition coefficient (Wildman–Crippen LogP) is 3.66. The van der Waals surface area contributed by atoms with Crippen LogP contribution in [0.1, 0.15) is 41.9 Å². The Morgan fingerprint density at radius 2 is 2.15 bits per heavy atom. The van der Waals surface area contributed by atoms with Crippen molar-refractivity contribution in [3.63, 3.8) is 0 Å². The van der Waals surface area contributed by atoms with E-state index in [0.717, 1.165) is 23.3 Å². The highest BCUT2D eigenvalue weighted by Crippen LogP contribution is 2.37. The van der Waals surface area contributed by atoms with E-state index in [9.17, 15) is 0 Å². The molecular weight excluding hydrogens is 336 g/mol. The van der Waals surface area contributed by atoms with Crippen molar-refractivity contribution in [2.24, 2.45) is 0 Å². The Hall–Kier alpha value is -3.17. The summed E-state index contributed by atoms with van der Waals surface area (Å²) in [5, 5.41) is 13.8. The lowest BCUT2D eigenvalue weighted by Crippen LogP contribution is -2.40. The highest BCUT2D eigenvalue weighted by Gasteiger charge is 2.34. The molecule has 0 radical (unpaired) electrons. The second-order valence-electron chi connectivity index (χ2n) is 7.01. The monoisotopic (exact) mass is 358 g/mol. The van der Waals surface area contributed by atoms with Gasteiger partial charge in [-0.15, -0.1) is 0 Å². The van der Waals surface area contributed by atoms with Gasteiger partial charge in [-0.3, -0.25) is 0 Å². The van der Waals surface area contributed by atoms with Crippen LogP contribution in [0, 0.1) is 18.3 Å². The number of hydrogen-bond acceptors (Lipinski definition) is 4. The average Bonchev–Trinajstić information content (AvgIpc) is 3.33. The van der Waals surface area contributed by atoms with Gasteiger partial charge in [0, 0.05) is 23.3 Å². The number of aromatic nitrogens is 4. The molecule has 1 atom stereocenters. The summed E-state index contributed by atoms with van der Waals surface area (Å²) in [6, 6.07) is 8.29. The Kier molecular flexibility index (Phi) is 3.97. The Labute approximate surface area is 157 Å². The minimum absolute atomic E-state index is 0.515. The van der Waals surface area contributed by atoms with E-state index < -0.39 is 5.54 Å². The van der Waals surface area contributed by atoms with Gasteiger partial charge in [0.2, 0.25) is 0 Å². The first-order chi connectivity index (χ1) is 13.0. The molecule has 4 aromatic rings. The van der Waals surface area contributed by atoms with Gasteiger partial charge in [0.15, 0.2) is 5.65 Å². The van der Waals surface area contributed by atoms with E-state index in [1.54, 1.807) is 12.3 Å². The van der Waals surface area contributed by atoms with Crippen molar-refractivity contribution >= 4 is 22.1 Å². The van der Waals surface area contributed by atoms with E-state index in [1.165, 1.54) is 22.1 Å². The molecule has 0 saturated carbocycles. The molecule has 0 aliphatic carbocycles. The molecule has 0 aliphatic heterocycles. The zero-order valence-electron chi connectivity index (χ0n) is 15.9. The highest BCUT2D eigenvalue weighted by atomic mass is 15.1. The second-order valence-corrected chi connectivity index (χ2v) is 7.01. The van der Waals surface area contributed by atoms with Crippen molar-refractivity contribution in [2.75, 3.05) is 7.05 Å². The Morgan fingerprint density at radius 3 is 2.85 bits per heavy atom. The van der Waals surface area contributed by atoms with E-state index in [2.05, 4.69) is 59.2 Å². The van der Waals surface area contributed by atoms with Crippen LogP contribution in [0.15, 0.2) is 30.6 Å². The lowest BCUT2D eigenvalue weighted by Gasteiger charge is -2.31. The number of H-pyrrole nitrogens is 2. The van der Waals surface area contributed by atoms with Crippen molar-refractivity contribution < 1.29 is 0 Å². The summed E-state index contributed by atoms with van der Waals surface area (Å²) >= 11 is 0. The first-order valence-corrected chi connectivity index (χ1v) is 9.07. The normalized spacial score (nSPS) is 13.7. The van der Waals surface area contributed by atoms with Crippen LogP contribution in [0.25, 0.3) is 22.1 Å². The maximum absolute atomic E-state index is 9.14. The minimum Gasteiger partial charge on any atom is -0.361 e. The molecule has 0 saturated heterocycles. The van der Waals surface area contributed by atoms with Crippen molar-refractivity contribution in [1.29, 1.82) is 5.26 Å². The quantitative estimate of drug-likeness (QED) is 0.519. The van der Waals surface area contributed by atoms with Gasteiger partial charge in [-0.2, -0.15) is 5.26 Å². The van der Waals surface area contributed by atoms with Crippen molar-refractivity contribution in [3.8, 4) is 6.07 Å². The number of fused-ring (bicyclic) bond motifs is 2.